The molecule has 0 saturated carbocycles. The average Bonchev–Trinajstić information content (AvgIpc) is 2.79. The van der Waals surface area contributed by atoms with E-state index in [1.807, 2.05) is 12.1 Å². The first kappa shape index (κ1) is 25.4. The van der Waals surface area contributed by atoms with E-state index in [2.05, 4.69) is 27.9 Å². The number of amides is 1. The van der Waals surface area contributed by atoms with E-state index in [0.29, 0.717) is 26.9 Å². The number of anilines is 1. The Morgan fingerprint density at radius 3 is 2.39 bits per heavy atom. The van der Waals surface area contributed by atoms with Gasteiger partial charge in [-0.05, 0) is 95.8 Å². The van der Waals surface area contributed by atoms with Crippen LogP contribution in [-0.2, 0) is 11.3 Å². The van der Waals surface area contributed by atoms with Crippen LogP contribution >= 0.6 is 58.0 Å². The molecular weight excluding hydrogens is 594 g/mol. The first-order valence-corrected chi connectivity index (χ1v) is 12.1. The van der Waals surface area contributed by atoms with Gasteiger partial charge < -0.3 is 9.64 Å². The summed E-state index contributed by atoms with van der Waals surface area (Å²) >= 11 is 20.1. The van der Waals surface area contributed by atoms with Gasteiger partial charge in [-0.25, -0.2) is 4.79 Å². The van der Waals surface area contributed by atoms with Crippen molar-refractivity contribution >= 4 is 80.7 Å². The third kappa shape index (κ3) is 6.66. The number of carbonyl (C=O) groups excluding carboxylic acids is 2. The fraction of sp³-hybridized carbons (Fsp3) is 0.125. The second-order valence-electron chi connectivity index (χ2n) is 6.83. The van der Waals surface area contributed by atoms with Crippen molar-refractivity contribution in [1.29, 1.82) is 0 Å². The molecule has 9 heteroatoms. The van der Waals surface area contributed by atoms with Gasteiger partial charge in [0.15, 0.2) is 5.11 Å². The predicted octanol–water partition coefficient (Wildman–Crippen LogP) is 6.50. The van der Waals surface area contributed by atoms with Crippen LogP contribution in [0.1, 0.15) is 33.2 Å². The number of carbonyl (C=O) groups is 2. The molecule has 0 saturated heterocycles. The number of rotatable bonds is 6. The highest BCUT2D eigenvalue weighted by Gasteiger charge is 2.19. The number of nitrogens with zero attached hydrogens (tertiary/aromatic N) is 1. The van der Waals surface area contributed by atoms with Gasteiger partial charge >= 0.3 is 5.97 Å². The summed E-state index contributed by atoms with van der Waals surface area (Å²) < 4.78 is 5.85. The van der Waals surface area contributed by atoms with E-state index in [9.17, 15) is 9.59 Å². The zero-order valence-electron chi connectivity index (χ0n) is 17.5. The van der Waals surface area contributed by atoms with Crippen molar-refractivity contribution < 1.29 is 14.3 Å². The van der Waals surface area contributed by atoms with E-state index in [0.717, 1.165) is 9.13 Å². The largest absolute Gasteiger partial charge is 0.462 e. The number of ether oxygens (including phenoxy) is 1. The Morgan fingerprint density at radius 2 is 1.76 bits per heavy atom. The molecule has 0 bridgehead atoms. The Hall–Kier alpha value is -2.20. The summed E-state index contributed by atoms with van der Waals surface area (Å²) in [5.74, 6) is -0.730. The SMILES string of the molecule is CCOC(=O)c1ccc(N(Cc2ccc(Cl)cc2Cl)C(=S)NC(=O)c2ccccc2I)cc1. The van der Waals surface area contributed by atoms with Crippen molar-refractivity contribution in [3.8, 4) is 0 Å². The highest BCUT2D eigenvalue weighted by molar-refractivity contribution is 14.1. The minimum atomic E-state index is -0.411. The minimum Gasteiger partial charge on any atom is -0.462 e. The molecule has 0 heterocycles. The molecule has 33 heavy (non-hydrogen) atoms. The lowest BCUT2D eigenvalue weighted by Gasteiger charge is -2.26. The Labute approximate surface area is 221 Å². The van der Waals surface area contributed by atoms with Crippen LogP contribution in [0.4, 0.5) is 5.69 Å². The summed E-state index contributed by atoms with van der Waals surface area (Å²) in [6, 6.07) is 19.2. The average molecular weight is 613 g/mol. The van der Waals surface area contributed by atoms with Gasteiger partial charge in [-0.2, -0.15) is 0 Å². The molecule has 1 amide bonds. The third-order valence-corrected chi connectivity index (χ3v) is 6.47. The highest BCUT2D eigenvalue weighted by Crippen LogP contribution is 2.25. The van der Waals surface area contributed by atoms with Gasteiger partial charge in [-0.3, -0.25) is 10.1 Å². The quantitative estimate of drug-likeness (QED) is 0.196. The first-order chi connectivity index (χ1) is 15.8. The number of nitrogens with one attached hydrogen (secondary N) is 1. The number of benzene rings is 3. The van der Waals surface area contributed by atoms with Gasteiger partial charge in [-0.15, -0.1) is 0 Å². The lowest BCUT2D eigenvalue weighted by molar-refractivity contribution is 0.0526. The molecule has 1 N–H and O–H groups in total. The van der Waals surface area contributed by atoms with E-state index in [1.165, 1.54) is 0 Å². The molecule has 0 aliphatic rings. The molecule has 0 radical (unpaired) electrons. The summed E-state index contributed by atoms with van der Waals surface area (Å²) in [6.07, 6.45) is 0. The Bertz CT molecular complexity index is 1190. The maximum absolute atomic E-state index is 12.9. The van der Waals surface area contributed by atoms with Gasteiger partial charge in [0.05, 0.1) is 24.3 Å². The van der Waals surface area contributed by atoms with Gasteiger partial charge in [0.1, 0.15) is 0 Å². The first-order valence-electron chi connectivity index (χ1n) is 9.88. The molecule has 0 aromatic heterocycles. The van der Waals surface area contributed by atoms with Crippen LogP contribution in [0.3, 0.4) is 0 Å². The lowest BCUT2D eigenvalue weighted by atomic mass is 10.1. The molecule has 0 fully saturated rings. The zero-order chi connectivity index (χ0) is 24.0. The number of hydrogen-bond donors (Lipinski definition) is 1. The molecule has 0 aliphatic heterocycles. The summed E-state index contributed by atoms with van der Waals surface area (Å²) in [5, 5.41) is 3.98. The second kappa shape index (κ2) is 11.8. The van der Waals surface area contributed by atoms with Gasteiger partial charge in [0.2, 0.25) is 0 Å². The van der Waals surface area contributed by atoms with E-state index >= 15 is 0 Å². The predicted molar refractivity (Wildman–Crippen MR) is 144 cm³/mol. The number of halogens is 3. The van der Waals surface area contributed by atoms with Crippen LogP contribution in [0.15, 0.2) is 66.7 Å². The molecule has 0 atom stereocenters. The smallest absolute Gasteiger partial charge is 0.338 e. The van der Waals surface area contributed by atoms with E-state index in [4.69, 9.17) is 40.2 Å². The fourth-order valence-corrected chi connectivity index (χ4v) is 4.33. The summed E-state index contributed by atoms with van der Waals surface area (Å²) in [5.41, 5.74) is 2.37. The molecule has 0 unspecified atom stereocenters. The molecule has 3 aromatic carbocycles. The summed E-state index contributed by atoms with van der Waals surface area (Å²) in [6.45, 7) is 2.31. The van der Waals surface area contributed by atoms with Crippen molar-refractivity contribution in [3.05, 3.63) is 97.0 Å². The van der Waals surface area contributed by atoms with Gasteiger partial charge in [0, 0.05) is 19.3 Å². The van der Waals surface area contributed by atoms with Crippen LogP contribution in [0.25, 0.3) is 0 Å². The molecule has 0 aliphatic carbocycles. The van der Waals surface area contributed by atoms with Crippen LogP contribution in [0.5, 0.6) is 0 Å². The topological polar surface area (TPSA) is 58.6 Å². The summed E-state index contributed by atoms with van der Waals surface area (Å²) in [4.78, 5) is 26.6. The molecular formula is C24H19Cl2IN2O3S. The summed E-state index contributed by atoms with van der Waals surface area (Å²) in [7, 11) is 0. The number of esters is 1. The monoisotopic (exact) mass is 612 g/mol. The van der Waals surface area contributed by atoms with E-state index in [1.54, 1.807) is 66.4 Å². The zero-order valence-corrected chi connectivity index (χ0v) is 22.0. The third-order valence-electron chi connectivity index (χ3n) is 4.62. The Balaban J connectivity index is 1.91. The molecule has 170 valence electrons. The van der Waals surface area contributed by atoms with Crippen molar-refractivity contribution in [3.63, 3.8) is 0 Å². The van der Waals surface area contributed by atoms with Crippen LogP contribution in [-0.4, -0.2) is 23.6 Å². The highest BCUT2D eigenvalue weighted by atomic mass is 127. The second-order valence-corrected chi connectivity index (χ2v) is 9.22. The van der Waals surface area contributed by atoms with Crippen LogP contribution in [0, 0.1) is 3.57 Å². The van der Waals surface area contributed by atoms with E-state index < -0.39 is 5.97 Å². The van der Waals surface area contributed by atoms with Crippen molar-refractivity contribution in [2.45, 2.75) is 13.5 Å². The van der Waals surface area contributed by atoms with Crippen molar-refractivity contribution in [2.24, 2.45) is 0 Å². The maximum Gasteiger partial charge on any atom is 0.338 e. The Morgan fingerprint density at radius 1 is 1.06 bits per heavy atom. The van der Waals surface area contributed by atoms with Crippen molar-refractivity contribution in [1.82, 2.24) is 5.32 Å². The fourth-order valence-electron chi connectivity index (χ4n) is 2.97. The normalized spacial score (nSPS) is 10.4. The van der Waals surface area contributed by atoms with Crippen LogP contribution in [0.2, 0.25) is 10.0 Å². The van der Waals surface area contributed by atoms with Gasteiger partial charge in [0.25, 0.3) is 5.91 Å². The van der Waals surface area contributed by atoms with Gasteiger partial charge in [-0.1, -0.05) is 41.4 Å². The molecule has 3 rings (SSSR count). The lowest BCUT2D eigenvalue weighted by Crippen LogP contribution is -2.42. The molecule has 3 aromatic rings. The molecule has 0 spiro atoms. The number of hydrogen-bond acceptors (Lipinski definition) is 4. The maximum atomic E-state index is 12.9. The minimum absolute atomic E-state index is 0.189. The number of thiocarbonyl (C=S) groups is 1. The Kier molecular flexibility index (Phi) is 9.08. The van der Waals surface area contributed by atoms with Crippen molar-refractivity contribution in [2.75, 3.05) is 11.5 Å². The van der Waals surface area contributed by atoms with Crippen LogP contribution < -0.4 is 10.2 Å². The molecule has 5 nitrogen and oxygen atoms in total. The standard InChI is InChI=1S/C24H19Cl2IN2O3S/c1-2-32-23(31)15-8-11-18(12-9-15)29(14-16-7-10-17(25)13-20(16)26)24(33)28-22(30)19-5-3-4-6-21(19)27/h3-13H,2,14H2,1H3,(H,28,30,33). The van der Waals surface area contributed by atoms with E-state index in [-0.39, 0.29) is 24.2 Å².